The number of rotatable bonds is 7. The zero-order valence-electron chi connectivity index (χ0n) is 16.2. The zero-order valence-corrected chi connectivity index (χ0v) is 18.6. The Kier molecular flexibility index (Phi) is 6.03. The van der Waals surface area contributed by atoms with E-state index < -0.39 is 10.0 Å². The zero-order chi connectivity index (χ0) is 21.8. The fourth-order valence-corrected chi connectivity index (χ4v) is 5.19. The Bertz CT molecular complexity index is 1310. The van der Waals surface area contributed by atoms with E-state index in [1.807, 2.05) is 19.1 Å². The number of nitrogens with one attached hydrogen (secondary N) is 3. The van der Waals surface area contributed by atoms with Crippen molar-refractivity contribution in [3.8, 4) is 0 Å². The number of nitrogens with zero attached hydrogens (tertiary/aromatic N) is 3. The fraction of sp³-hybridized carbons (Fsp3) is 0.0500. The van der Waals surface area contributed by atoms with Crippen LogP contribution < -0.4 is 15.4 Å². The smallest absolute Gasteiger partial charge is 0.271 e. The lowest BCUT2D eigenvalue weighted by molar-refractivity contribution is 0.603. The van der Waals surface area contributed by atoms with E-state index in [9.17, 15) is 8.42 Å². The maximum atomic E-state index is 12.4. The molecule has 3 N–H and O–H groups in total. The maximum Gasteiger partial charge on any atom is 0.271 e. The Balaban J connectivity index is 1.43. The quantitative estimate of drug-likeness (QED) is 0.340. The minimum atomic E-state index is -3.67. The van der Waals surface area contributed by atoms with Gasteiger partial charge in [0.1, 0.15) is 28.0 Å². The highest BCUT2D eigenvalue weighted by molar-refractivity contribution is 7.94. The monoisotopic (exact) mass is 472 g/mol. The van der Waals surface area contributed by atoms with Gasteiger partial charge in [0.2, 0.25) is 0 Å². The van der Waals surface area contributed by atoms with E-state index in [0.29, 0.717) is 27.5 Å². The Hall–Kier alpha value is -3.21. The first-order chi connectivity index (χ1) is 14.9. The van der Waals surface area contributed by atoms with Gasteiger partial charge in [-0.1, -0.05) is 11.6 Å². The molecule has 11 heteroatoms. The molecule has 0 saturated carbocycles. The predicted molar refractivity (Wildman–Crippen MR) is 124 cm³/mol. The van der Waals surface area contributed by atoms with Crippen LogP contribution in [0, 0.1) is 6.92 Å². The SMILES string of the molecule is Cc1ccnc(Nc2cc(Nc3ccc(NS(=O)(=O)c4ccc(Cl)s4)cc3)ncn2)c1. The number of hydrogen-bond acceptors (Lipinski definition) is 8. The molecule has 0 unspecified atom stereocenters. The molecule has 0 radical (unpaired) electrons. The summed E-state index contributed by atoms with van der Waals surface area (Å²) in [6, 6.07) is 15.4. The van der Waals surface area contributed by atoms with E-state index in [1.54, 1.807) is 42.6 Å². The van der Waals surface area contributed by atoms with E-state index in [1.165, 1.54) is 12.4 Å². The minimum absolute atomic E-state index is 0.156. The van der Waals surface area contributed by atoms with Crippen LogP contribution in [0.25, 0.3) is 0 Å². The van der Waals surface area contributed by atoms with Crippen LogP contribution in [0.1, 0.15) is 5.56 Å². The highest BCUT2D eigenvalue weighted by atomic mass is 35.5. The molecule has 158 valence electrons. The van der Waals surface area contributed by atoms with Crippen LogP contribution in [0.2, 0.25) is 4.34 Å². The topological polar surface area (TPSA) is 109 Å². The Morgan fingerprint density at radius 1 is 0.839 bits per heavy atom. The number of pyridine rings is 1. The van der Waals surface area contributed by atoms with Gasteiger partial charge < -0.3 is 10.6 Å². The first-order valence-corrected chi connectivity index (χ1v) is 11.7. The maximum absolute atomic E-state index is 12.4. The molecule has 4 aromatic rings. The number of aromatic nitrogens is 3. The Morgan fingerprint density at radius 2 is 1.52 bits per heavy atom. The van der Waals surface area contributed by atoms with E-state index >= 15 is 0 Å². The highest BCUT2D eigenvalue weighted by Crippen LogP contribution is 2.28. The first-order valence-electron chi connectivity index (χ1n) is 9.04. The summed E-state index contributed by atoms with van der Waals surface area (Å²) in [4.78, 5) is 12.7. The number of thiophene rings is 1. The van der Waals surface area contributed by atoms with Gasteiger partial charge >= 0.3 is 0 Å². The summed E-state index contributed by atoms with van der Waals surface area (Å²) in [6.45, 7) is 1.99. The second-order valence-corrected chi connectivity index (χ2v) is 10.1. The number of aryl methyl sites for hydroxylation is 1. The highest BCUT2D eigenvalue weighted by Gasteiger charge is 2.16. The summed E-state index contributed by atoms with van der Waals surface area (Å²) in [5.41, 5.74) is 2.26. The molecule has 0 amide bonds. The third-order valence-corrected chi connectivity index (χ3v) is 7.17. The third kappa shape index (κ3) is 5.48. The van der Waals surface area contributed by atoms with Gasteiger partial charge in [0.15, 0.2) is 0 Å². The lowest BCUT2D eigenvalue weighted by atomic mass is 10.3. The molecule has 1 aromatic carbocycles. The fourth-order valence-electron chi connectivity index (χ4n) is 2.65. The largest absolute Gasteiger partial charge is 0.340 e. The molecular formula is C20H17ClN6O2S2. The number of sulfonamides is 1. The molecule has 0 saturated heterocycles. The van der Waals surface area contributed by atoms with Gasteiger partial charge in [-0.05, 0) is 61.0 Å². The molecule has 3 heterocycles. The van der Waals surface area contributed by atoms with Crippen molar-refractivity contribution in [3.05, 3.63) is 77.0 Å². The molecule has 0 bridgehead atoms. The second-order valence-electron chi connectivity index (χ2n) is 6.50. The number of halogens is 1. The van der Waals surface area contributed by atoms with Crippen molar-refractivity contribution in [3.63, 3.8) is 0 Å². The van der Waals surface area contributed by atoms with Crippen molar-refractivity contribution in [2.24, 2.45) is 0 Å². The molecule has 0 aliphatic heterocycles. The standard InChI is InChI=1S/C20H17ClN6O2S2/c1-13-8-9-22-17(10-13)26-19-11-18(23-12-24-19)25-14-2-4-15(5-3-14)27-31(28,29)20-7-6-16(21)30-20/h2-12,27H,1H3,(H2,22,23,24,25,26). The van der Waals surface area contributed by atoms with E-state index in [-0.39, 0.29) is 4.21 Å². The van der Waals surface area contributed by atoms with Crippen molar-refractivity contribution < 1.29 is 8.42 Å². The summed E-state index contributed by atoms with van der Waals surface area (Å²) < 4.78 is 27.9. The second kappa shape index (κ2) is 8.88. The van der Waals surface area contributed by atoms with Gasteiger partial charge in [-0.25, -0.2) is 23.4 Å². The average molecular weight is 473 g/mol. The van der Waals surface area contributed by atoms with Crippen molar-refractivity contribution in [1.29, 1.82) is 0 Å². The van der Waals surface area contributed by atoms with Crippen molar-refractivity contribution in [2.45, 2.75) is 11.1 Å². The summed E-state index contributed by atoms with van der Waals surface area (Å²) in [5.74, 6) is 1.86. The number of benzene rings is 1. The molecule has 0 spiro atoms. The van der Waals surface area contributed by atoms with E-state index in [0.717, 1.165) is 22.6 Å². The molecule has 4 rings (SSSR count). The minimum Gasteiger partial charge on any atom is -0.340 e. The van der Waals surface area contributed by atoms with Gasteiger partial charge in [0, 0.05) is 23.6 Å². The normalized spacial score (nSPS) is 11.2. The molecule has 31 heavy (non-hydrogen) atoms. The van der Waals surface area contributed by atoms with Crippen LogP contribution in [0.5, 0.6) is 0 Å². The van der Waals surface area contributed by atoms with Gasteiger partial charge in [0.25, 0.3) is 10.0 Å². The van der Waals surface area contributed by atoms with Crippen LogP contribution >= 0.6 is 22.9 Å². The summed E-state index contributed by atoms with van der Waals surface area (Å²) in [6.07, 6.45) is 3.16. The van der Waals surface area contributed by atoms with Crippen molar-refractivity contribution >= 4 is 61.8 Å². The molecule has 8 nitrogen and oxygen atoms in total. The van der Waals surface area contributed by atoms with Crippen LogP contribution in [0.3, 0.4) is 0 Å². The van der Waals surface area contributed by atoms with Crippen LogP contribution in [0.15, 0.2) is 71.3 Å². The number of anilines is 5. The lowest BCUT2D eigenvalue weighted by Crippen LogP contribution is -2.11. The Morgan fingerprint density at radius 3 is 2.19 bits per heavy atom. The van der Waals surface area contributed by atoms with Gasteiger partial charge in [-0.3, -0.25) is 4.72 Å². The molecule has 0 aliphatic carbocycles. The molecule has 0 atom stereocenters. The summed E-state index contributed by atoms with van der Waals surface area (Å²) in [7, 11) is -3.67. The van der Waals surface area contributed by atoms with Gasteiger partial charge in [0.05, 0.1) is 4.34 Å². The Labute approximate surface area is 188 Å². The number of hydrogen-bond donors (Lipinski definition) is 3. The first kappa shape index (κ1) is 21.0. The van der Waals surface area contributed by atoms with Crippen LogP contribution in [-0.4, -0.2) is 23.4 Å². The summed E-state index contributed by atoms with van der Waals surface area (Å²) >= 11 is 6.83. The van der Waals surface area contributed by atoms with Crippen LogP contribution in [-0.2, 0) is 10.0 Å². The molecular weight excluding hydrogens is 456 g/mol. The van der Waals surface area contributed by atoms with Gasteiger partial charge in [-0.15, -0.1) is 11.3 Å². The summed E-state index contributed by atoms with van der Waals surface area (Å²) in [5, 5.41) is 6.30. The van der Waals surface area contributed by atoms with E-state index in [4.69, 9.17) is 11.6 Å². The molecule has 3 aromatic heterocycles. The van der Waals surface area contributed by atoms with E-state index in [2.05, 4.69) is 30.3 Å². The van der Waals surface area contributed by atoms with Crippen molar-refractivity contribution in [1.82, 2.24) is 15.0 Å². The van der Waals surface area contributed by atoms with Crippen LogP contribution in [0.4, 0.5) is 28.8 Å². The third-order valence-electron chi connectivity index (χ3n) is 4.06. The average Bonchev–Trinajstić information content (AvgIpc) is 3.17. The van der Waals surface area contributed by atoms with Crippen molar-refractivity contribution in [2.75, 3.05) is 15.4 Å². The predicted octanol–water partition coefficient (Wildman–Crippen LogP) is 5.18. The molecule has 0 fully saturated rings. The lowest BCUT2D eigenvalue weighted by Gasteiger charge is -2.10. The van der Waals surface area contributed by atoms with Gasteiger partial charge in [-0.2, -0.15) is 0 Å². The molecule has 0 aliphatic rings.